The zero-order valence-corrected chi connectivity index (χ0v) is 20.0. The van der Waals surface area contributed by atoms with Gasteiger partial charge in [0.2, 0.25) is 10.0 Å². The predicted octanol–water partition coefficient (Wildman–Crippen LogP) is 2.74. The number of benzene rings is 3. The van der Waals surface area contributed by atoms with E-state index in [9.17, 15) is 13.2 Å². The van der Waals surface area contributed by atoms with Gasteiger partial charge in [0.05, 0.1) is 23.0 Å². The zero-order chi connectivity index (χ0) is 25.4. The maximum absolute atomic E-state index is 13.4. The number of anilines is 1. The van der Waals surface area contributed by atoms with Gasteiger partial charge >= 0.3 is 0 Å². The van der Waals surface area contributed by atoms with Gasteiger partial charge in [0.15, 0.2) is 5.65 Å². The number of nitrogens with zero attached hydrogens (tertiary/aromatic N) is 3. The van der Waals surface area contributed by atoms with Crippen molar-refractivity contribution in [3.8, 4) is 11.4 Å². The molecule has 0 atom stereocenters. The lowest BCUT2D eigenvalue weighted by atomic mass is 10.2. The van der Waals surface area contributed by atoms with Crippen molar-refractivity contribution in [3.63, 3.8) is 0 Å². The normalized spacial score (nSPS) is 11.6. The fraction of sp³-hybridized carbons (Fsp3) is 0.0800. The second kappa shape index (κ2) is 8.95. The van der Waals surface area contributed by atoms with Crippen molar-refractivity contribution in [2.45, 2.75) is 11.4 Å². The molecule has 11 heteroatoms. The molecule has 1 amide bonds. The van der Waals surface area contributed by atoms with Crippen LogP contribution in [0, 0.1) is 0 Å². The third-order valence-electron chi connectivity index (χ3n) is 5.78. The Morgan fingerprint density at radius 2 is 1.61 bits per heavy atom. The monoisotopic (exact) mass is 502 g/mol. The molecular formula is C25H22N6O4S. The number of nitrogen functional groups attached to an aromatic ring is 1. The fourth-order valence-electron chi connectivity index (χ4n) is 4.04. The van der Waals surface area contributed by atoms with Gasteiger partial charge in [-0.3, -0.25) is 9.36 Å². The van der Waals surface area contributed by atoms with E-state index in [1.54, 1.807) is 35.9 Å². The van der Waals surface area contributed by atoms with Gasteiger partial charge in [-0.15, -0.1) is 0 Å². The van der Waals surface area contributed by atoms with E-state index in [1.165, 1.54) is 12.1 Å². The molecule has 0 radical (unpaired) electrons. The highest BCUT2D eigenvalue weighted by Crippen LogP contribution is 2.31. The van der Waals surface area contributed by atoms with E-state index >= 15 is 0 Å². The summed E-state index contributed by atoms with van der Waals surface area (Å²) in [5.41, 5.74) is 9.87. The molecule has 0 aliphatic rings. The molecule has 0 aliphatic carbocycles. The Morgan fingerprint density at radius 3 is 2.28 bits per heavy atom. The summed E-state index contributed by atoms with van der Waals surface area (Å²) < 4.78 is 30.3. The lowest BCUT2D eigenvalue weighted by Gasteiger charge is -2.10. The number of nitrogens with two attached hydrogens (primary N) is 2. The molecule has 36 heavy (non-hydrogen) atoms. The van der Waals surface area contributed by atoms with Crippen LogP contribution in [0.2, 0.25) is 0 Å². The second-order valence-corrected chi connectivity index (χ2v) is 9.58. The number of hydrogen-bond acceptors (Lipinski definition) is 7. The van der Waals surface area contributed by atoms with Gasteiger partial charge in [0.1, 0.15) is 22.6 Å². The van der Waals surface area contributed by atoms with E-state index in [-0.39, 0.29) is 22.8 Å². The molecule has 0 unspecified atom stereocenters. The summed E-state index contributed by atoms with van der Waals surface area (Å²) in [5, 5.41) is 8.12. The largest absolute Gasteiger partial charge is 0.496 e. The average molecular weight is 503 g/mol. The summed E-state index contributed by atoms with van der Waals surface area (Å²) in [6.45, 7) is 0.207. The van der Waals surface area contributed by atoms with Crippen LogP contribution in [0.5, 0.6) is 5.75 Å². The summed E-state index contributed by atoms with van der Waals surface area (Å²) in [4.78, 5) is 22.8. The van der Waals surface area contributed by atoms with Crippen LogP contribution in [0.3, 0.4) is 0 Å². The molecule has 0 bridgehead atoms. The maximum Gasteiger partial charge on any atom is 0.257 e. The Hall–Kier alpha value is -4.48. The molecule has 2 heterocycles. The van der Waals surface area contributed by atoms with Gasteiger partial charge < -0.3 is 15.8 Å². The van der Waals surface area contributed by atoms with Crippen molar-refractivity contribution < 1.29 is 17.9 Å². The molecular weight excluding hydrogens is 480 g/mol. The first kappa shape index (κ1) is 23.3. The van der Waals surface area contributed by atoms with E-state index < -0.39 is 15.9 Å². The number of para-hydroxylation sites is 3. The van der Waals surface area contributed by atoms with E-state index in [1.807, 2.05) is 36.4 Å². The lowest BCUT2D eigenvalue weighted by Crippen LogP contribution is -2.24. The van der Waals surface area contributed by atoms with Crippen LogP contribution in [0.15, 0.2) is 77.7 Å². The molecule has 2 aromatic heterocycles. The standard InChI is InChI=1S/C25H22N6O4S/c1-35-20-9-5-2-6-15(20)14-28-25(32)21-22-24(30-19-8-4-3-7-18(19)29-22)31(23(21)26)16-10-12-17(13-11-16)36(27,33)34/h2-13H,14,26H2,1H3,(H,28,32)(H2,27,33,34). The summed E-state index contributed by atoms with van der Waals surface area (Å²) in [7, 11) is -2.31. The van der Waals surface area contributed by atoms with Crippen molar-refractivity contribution in [2.24, 2.45) is 5.14 Å². The number of carbonyl (C=O) groups excluding carboxylic acids is 1. The van der Waals surface area contributed by atoms with Crippen LogP contribution in [0.1, 0.15) is 15.9 Å². The Morgan fingerprint density at radius 1 is 0.972 bits per heavy atom. The summed E-state index contributed by atoms with van der Waals surface area (Å²) in [5.74, 6) is 0.322. The number of rotatable bonds is 6. The van der Waals surface area contributed by atoms with Crippen LogP contribution < -0.4 is 20.9 Å². The van der Waals surface area contributed by atoms with Gasteiger partial charge in [-0.05, 0) is 42.5 Å². The van der Waals surface area contributed by atoms with Crippen molar-refractivity contribution in [3.05, 3.63) is 83.9 Å². The minimum atomic E-state index is -3.87. The number of sulfonamides is 1. The van der Waals surface area contributed by atoms with Gasteiger partial charge in [-0.2, -0.15) is 0 Å². The average Bonchev–Trinajstić information content (AvgIpc) is 3.16. The summed E-state index contributed by atoms with van der Waals surface area (Å²) >= 11 is 0. The Kier molecular flexibility index (Phi) is 5.78. The molecule has 5 aromatic rings. The third kappa shape index (κ3) is 4.10. The third-order valence-corrected chi connectivity index (χ3v) is 6.71. The summed E-state index contributed by atoms with van der Waals surface area (Å²) in [6, 6.07) is 20.5. The van der Waals surface area contributed by atoms with E-state index in [0.29, 0.717) is 33.6 Å². The highest BCUT2D eigenvalue weighted by molar-refractivity contribution is 7.89. The number of aromatic nitrogens is 3. The lowest BCUT2D eigenvalue weighted by molar-refractivity contribution is 0.0953. The number of nitrogens with one attached hydrogen (secondary N) is 1. The number of primary sulfonamides is 1. The number of amides is 1. The van der Waals surface area contributed by atoms with Gasteiger partial charge in [-0.25, -0.2) is 23.5 Å². The molecule has 0 spiro atoms. The molecule has 5 N–H and O–H groups in total. The van der Waals surface area contributed by atoms with Crippen molar-refractivity contribution in [2.75, 3.05) is 12.8 Å². The second-order valence-electron chi connectivity index (χ2n) is 8.01. The van der Waals surface area contributed by atoms with Crippen LogP contribution in [-0.4, -0.2) is 36.0 Å². The van der Waals surface area contributed by atoms with Gasteiger partial charge in [0.25, 0.3) is 5.91 Å². The molecule has 0 saturated carbocycles. The fourth-order valence-corrected chi connectivity index (χ4v) is 4.56. The minimum Gasteiger partial charge on any atom is -0.496 e. The molecule has 0 saturated heterocycles. The van der Waals surface area contributed by atoms with Crippen LogP contribution in [-0.2, 0) is 16.6 Å². The van der Waals surface area contributed by atoms with Crippen LogP contribution in [0.4, 0.5) is 5.82 Å². The van der Waals surface area contributed by atoms with Crippen molar-refractivity contribution >= 4 is 43.9 Å². The van der Waals surface area contributed by atoms with E-state index in [2.05, 4.69) is 10.3 Å². The zero-order valence-electron chi connectivity index (χ0n) is 19.2. The van der Waals surface area contributed by atoms with Gasteiger partial charge in [0, 0.05) is 17.8 Å². The van der Waals surface area contributed by atoms with Gasteiger partial charge in [-0.1, -0.05) is 30.3 Å². The first-order valence-corrected chi connectivity index (χ1v) is 12.4. The van der Waals surface area contributed by atoms with Crippen LogP contribution in [0.25, 0.3) is 27.9 Å². The predicted molar refractivity (Wildman–Crippen MR) is 136 cm³/mol. The maximum atomic E-state index is 13.4. The Balaban J connectivity index is 1.64. The topological polar surface area (TPSA) is 155 Å². The number of ether oxygens (including phenoxy) is 1. The van der Waals surface area contributed by atoms with E-state index in [4.69, 9.17) is 20.6 Å². The SMILES string of the molecule is COc1ccccc1CNC(=O)c1c(N)n(-c2ccc(S(N)(=O)=O)cc2)c2nc3ccccc3nc12. The number of fused-ring (bicyclic) bond motifs is 2. The van der Waals surface area contributed by atoms with Crippen molar-refractivity contribution in [1.29, 1.82) is 0 Å². The molecule has 10 nitrogen and oxygen atoms in total. The highest BCUT2D eigenvalue weighted by Gasteiger charge is 2.25. The smallest absolute Gasteiger partial charge is 0.257 e. The number of hydrogen-bond donors (Lipinski definition) is 3. The van der Waals surface area contributed by atoms with Crippen molar-refractivity contribution in [1.82, 2.24) is 19.9 Å². The number of carbonyl (C=O) groups is 1. The number of methoxy groups -OCH3 is 1. The van der Waals surface area contributed by atoms with E-state index in [0.717, 1.165) is 5.56 Å². The molecule has 182 valence electrons. The minimum absolute atomic E-state index is 0.0485. The quantitative estimate of drug-likeness (QED) is 0.322. The molecule has 0 aliphatic heterocycles. The highest BCUT2D eigenvalue weighted by atomic mass is 32.2. The molecule has 3 aromatic carbocycles. The first-order chi connectivity index (χ1) is 17.3. The Labute approximate surface area is 206 Å². The molecule has 0 fully saturated rings. The first-order valence-electron chi connectivity index (χ1n) is 10.9. The summed E-state index contributed by atoms with van der Waals surface area (Å²) in [6.07, 6.45) is 0. The Bertz CT molecular complexity index is 1730. The molecule has 5 rings (SSSR count). The van der Waals surface area contributed by atoms with Crippen LogP contribution >= 0.6 is 0 Å².